The number of carbonyl (C=O) groups is 1. The maximum atomic E-state index is 12.7. The first-order valence-corrected chi connectivity index (χ1v) is 12.0. The van der Waals surface area contributed by atoms with E-state index in [1.54, 1.807) is 0 Å². The van der Waals surface area contributed by atoms with Crippen LogP contribution < -0.4 is 14.8 Å². The minimum atomic E-state index is -0.143. The highest BCUT2D eigenvalue weighted by Gasteiger charge is 2.31. The van der Waals surface area contributed by atoms with Gasteiger partial charge in [-0.1, -0.05) is 36.0 Å². The van der Waals surface area contributed by atoms with Crippen LogP contribution in [0.25, 0.3) is 22.3 Å². The third kappa shape index (κ3) is 3.82. The molecule has 1 saturated carbocycles. The summed E-state index contributed by atoms with van der Waals surface area (Å²) in [6, 6.07) is 14.2. The van der Waals surface area contributed by atoms with Crippen molar-refractivity contribution in [1.82, 2.24) is 25.1 Å². The summed E-state index contributed by atoms with van der Waals surface area (Å²) < 4.78 is 13.0. The van der Waals surface area contributed by atoms with Crippen molar-refractivity contribution in [3.63, 3.8) is 0 Å². The summed E-state index contributed by atoms with van der Waals surface area (Å²) in [5.74, 6) is 2.52. The lowest BCUT2D eigenvalue weighted by atomic mass is 10.1. The van der Waals surface area contributed by atoms with Crippen LogP contribution in [0.2, 0.25) is 0 Å². The minimum absolute atomic E-state index is 0.0517. The number of nitrogens with zero attached hydrogens (tertiary/aromatic N) is 3. The second kappa shape index (κ2) is 8.15. The van der Waals surface area contributed by atoms with Crippen LogP contribution in [0, 0.1) is 0 Å². The summed E-state index contributed by atoms with van der Waals surface area (Å²) >= 11 is 1.43. The Kier molecular flexibility index (Phi) is 4.98. The number of thioether (sulfide) groups is 1. The number of aromatic amines is 1. The highest BCUT2D eigenvalue weighted by molar-refractivity contribution is 7.99. The fraction of sp³-hybridized carbons (Fsp3) is 0.292. The van der Waals surface area contributed by atoms with Crippen LogP contribution in [0.3, 0.4) is 0 Å². The maximum Gasteiger partial charge on any atom is 0.231 e. The van der Waals surface area contributed by atoms with E-state index in [9.17, 15) is 4.79 Å². The molecule has 0 radical (unpaired) electrons. The second-order valence-electron chi connectivity index (χ2n) is 8.35. The summed E-state index contributed by atoms with van der Waals surface area (Å²) in [6.07, 6.45) is 4.20. The number of rotatable bonds is 7. The average Bonchev–Trinajstić information content (AvgIpc) is 3.23. The highest BCUT2D eigenvalue weighted by Crippen LogP contribution is 2.42. The monoisotopic (exact) mass is 461 g/mol. The molecule has 1 fully saturated rings. The zero-order chi connectivity index (χ0) is 22.4. The fourth-order valence-electron chi connectivity index (χ4n) is 4.16. The Hall–Kier alpha value is -3.46. The number of carbonyl (C=O) groups excluding carboxylic acids is 1. The molecule has 0 saturated heterocycles. The van der Waals surface area contributed by atoms with Crippen LogP contribution in [0.5, 0.6) is 11.5 Å². The number of hydrogen-bond donors (Lipinski definition) is 2. The Balaban J connectivity index is 1.16. The van der Waals surface area contributed by atoms with E-state index in [-0.39, 0.29) is 24.5 Å². The summed E-state index contributed by atoms with van der Waals surface area (Å²) in [5.41, 5.74) is 3.09. The number of benzene rings is 2. The Morgan fingerprint density at radius 3 is 2.94 bits per heavy atom. The molecule has 6 rings (SSSR count). The van der Waals surface area contributed by atoms with Gasteiger partial charge in [-0.3, -0.25) is 9.36 Å². The van der Waals surface area contributed by atoms with Crippen LogP contribution in [-0.2, 0) is 4.79 Å². The molecule has 0 spiro atoms. The molecular weight excluding hydrogens is 438 g/mol. The first-order chi connectivity index (χ1) is 16.2. The second-order valence-corrected chi connectivity index (χ2v) is 9.29. The van der Waals surface area contributed by atoms with Crippen molar-refractivity contribution >= 4 is 28.6 Å². The third-order valence-electron chi connectivity index (χ3n) is 6.01. The van der Waals surface area contributed by atoms with Gasteiger partial charge in [0, 0.05) is 28.7 Å². The largest absolute Gasteiger partial charge is 0.454 e. The smallest absolute Gasteiger partial charge is 0.231 e. The van der Waals surface area contributed by atoms with Crippen LogP contribution in [0.15, 0.2) is 53.8 Å². The molecule has 1 aliphatic carbocycles. The molecule has 1 unspecified atom stereocenters. The minimum Gasteiger partial charge on any atom is -0.454 e. The van der Waals surface area contributed by atoms with Crippen LogP contribution in [0.1, 0.15) is 37.4 Å². The molecule has 2 N–H and O–H groups in total. The number of hydrogen-bond acceptors (Lipinski definition) is 6. The van der Waals surface area contributed by atoms with E-state index >= 15 is 0 Å². The van der Waals surface area contributed by atoms with E-state index in [1.165, 1.54) is 11.8 Å². The van der Waals surface area contributed by atoms with Crippen molar-refractivity contribution in [2.75, 3.05) is 12.5 Å². The van der Waals surface area contributed by atoms with E-state index < -0.39 is 0 Å². The van der Waals surface area contributed by atoms with Crippen molar-refractivity contribution in [3.8, 4) is 22.9 Å². The Bertz CT molecular complexity index is 1340. The SMILES string of the molecule is CC(NC(=O)CSc1nnc(-c2c[nH]c3ccccc23)n1C1CC1)c1ccc2c(c1)OCO2. The molecule has 168 valence electrons. The van der Waals surface area contributed by atoms with E-state index in [4.69, 9.17) is 9.47 Å². The molecule has 0 bridgehead atoms. The van der Waals surface area contributed by atoms with Crippen molar-refractivity contribution in [2.24, 2.45) is 0 Å². The van der Waals surface area contributed by atoms with Gasteiger partial charge in [0.2, 0.25) is 12.7 Å². The van der Waals surface area contributed by atoms with Gasteiger partial charge in [-0.25, -0.2) is 0 Å². The molecular formula is C24H23N5O3S. The Labute approximate surface area is 194 Å². The summed E-state index contributed by atoms with van der Waals surface area (Å²) in [7, 11) is 0. The average molecular weight is 462 g/mol. The fourth-order valence-corrected chi connectivity index (χ4v) is 4.97. The molecule has 4 aromatic rings. The van der Waals surface area contributed by atoms with Crippen LogP contribution in [0.4, 0.5) is 0 Å². The van der Waals surface area contributed by atoms with E-state index in [2.05, 4.69) is 37.2 Å². The number of fused-ring (bicyclic) bond motifs is 2. The molecule has 9 heteroatoms. The van der Waals surface area contributed by atoms with Gasteiger partial charge in [0.15, 0.2) is 22.5 Å². The van der Waals surface area contributed by atoms with E-state index in [1.807, 2.05) is 43.5 Å². The standard InChI is InChI=1S/C24H23N5O3S/c1-14(15-6-9-20-21(10-15)32-13-31-20)26-22(30)12-33-24-28-27-23(29(24)16-7-8-16)18-11-25-19-5-3-2-4-17(18)19/h2-6,9-11,14,16,25H,7-8,12-13H2,1H3,(H,26,30). The first kappa shape index (κ1) is 20.2. The van der Waals surface area contributed by atoms with Gasteiger partial charge in [-0.2, -0.15) is 0 Å². The van der Waals surface area contributed by atoms with Crippen molar-refractivity contribution in [2.45, 2.75) is 37.0 Å². The maximum absolute atomic E-state index is 12.7. The lowest BCUT2D eigenvalue weighted by Crippen LogP contribution is -2.28. The normalized spacial score (nSPS) is 15.7. The lowest BCUT2D eigenvalue weighted by Gasteiger charge is -2.15. The predicted molar refractivity (Wildman–Crippen MR) is 125 cm³/mol. The van der Waals surface area contributed by atoms with E-state index in [0.717, 1.165) is 51.6 Å². The van der Waals surface area contributed by atoms with Crippen LogP contribution in [-0.4, -0.2) is 38.2 Å². The Morgan fingerprint density at radius 1 is 1.21 bits per heavy atom. The van der Waals surface area contributed by atoms with Gasteiger partial charge in [0.05, 0.1) is 11.8 Å². The molecule has 1 atom stereocenters. The quantitative estimate of drug-likeness (QED) is 0.395. The number of ether oxygens (including phenoxy) is 2. The predicted octanol–water partition coefficient (Wildman–Crippen LogP) is 4.46. The molecule has 8 nitrogen and oxygen atoms in total. The summed E-state index contributed by atoms with van der Waals surface area (Å²) in [4.78, 5) is 16.0. The van der Waals surface area contributed by atoms with Crippen molar-refractivity contribution in [1.29, 1.82) is 0 Å². The number of aromatic nitrogens is 4. The molecule has 2 aromatic carbocycles. The summed E-state index contributed by atoms with van der Waals surface area (Å²) in [5, 5.41) is 13.9. The molecule has 2 aliphatic rings. The molecule has 2 aromatic heterocycles. The van der Waals surface area contributed by atoms with Gasteiger partial charge < -0.3 is 19.8 Å². The molecule has 33 heavy (non-hydrogen) atoms. The van der Waals surface area contributed by atoms with Gasteiger partial charge in [-0.15, -0.1) is 10.2 Å². The van der Waals surface area contributed by atoms with E-state index in [0.29, 0.717) is 11.8 Å². The van der Waals surface area contributed by atoms with Crippen molar-refractivity contribution < 1.29 is 14.3 Å². The third-order valence-corrected chi connectivity index (χ3v) is 6.96. The number of nitrogens with one attached hydrogen (secondary N) is 2. The van der Waals surface area contributed by atoms with Gasteiger partial charge in [-0.05, 0) is 43.5 Å². The lowest BCUT2D eigenvalue weighted by molar-refractivity contribution is -0.119. The van der Waals surface area contributed by atoms with Crippen molar-refractivity contribution in [3.05, 3.63) is 54.2 Å². The zero-order valence-electron chi connectivity index (χ0n) is 18.1. The van der Waals surface area contributed by atoms with Gasteiger partial charge >= 0.3 is 0 Å². The first-order valence-electron chi connectivity index (χ1n) is 11.0. The number of para-hydroxylation sites is 1. The van der Waals surface area contributed by atoms with Gasteiger partial charge in [0.25, 0.3) is 0 Å². The summed E-state index contributed by atoms with van der Waals surface area (Å²) in [6.45, 7) is 2.19. The molecule has 1 amide bonds. The van der Waals surface area contributed by atoms with Crippen LogP contribution >= 0.6 is 11.8 Å². The number of H-pyrrole nitrogens is 1. The molecule has 3 heterocycles. The zero-order valence-corrected chi connectivity index (χ0v) is 18.9. The van der Waals surface area contributed by atoms with Gasteiger partial charge in [0.1, 0.15) is 0 Å². The highest BCUT2D eigenvalue weighted by atomic mass is 32.2. The number of amides is 1. The Morgan fingerprint density at radius 2 is 2.06 bits per heavy atom. The topological polar surface area (TPSA) is 94.1 Å². The molecule has 1 aliphatic heterocycles.